The van der Waals surface area contributed by atoms with E-state index < -0.39 is 0 Å². The zero-order chi connectivity index (χ0) is 5.11. The van der Waals surface area contributed by atoms with Crippen molar-refractivity contribution >= 4 is 0 Å². The molecule has 1 aromatic carbocycles. The quantitative estimate of drug-likeness (QED) is 0.641. The van der Waals surface area contributed by atoms with E-state index in [0.717, 1.165) is 5.56 Å². The molecule has 0 heterocycles. The summed E-state index contributed by atoms with van der Waals surface area (Å²) in [5.41, 5.74) is 1.07. The van der Waals surface area contributed by atoms with Crippen LogP contribution < -0.4 is 0 Å². The molecule has 2 heteroatoms. The van der Waals surface area contributed by atoms with Gasteiger partial charge in [-0.25, -0.2) is 0 Å². The molecule has 0 aliphatic carbocycles. The number of hydrogen-bond donors (Lipinski definition) is 0. The Morgan fingerprint density at radius 2 is 1.44 bits per heavy atom. The largest absolute Gasteiger partial charge is 0.199 e. The van der Waals surface area contributed by atoms with E-state index >= 15 is 0 Å². The van der Waals surface area contributed by atoms with Gasteiger partial charge in [0.05, 0.1) is 0 Å². The van der Waals surface area contributed by atoms with Crippen molar-refractivity contribution in [3.8, 4) is 0 Å². The summed E-state index contributed by atoms with van der Waals surface area (Å²) in [5, 5.41) is 0. The van der Waals surface area contributed by atoms with Crippen molar-refractivity contribution in [3.05, 3.63) is 42.8 Å². The van der Waals surface area contributed by atoms with Crippen molar-refractivity contribution in [1.82, 2.24) is 0 Å². The SMILES string of the molecule is [CH2-]c1ccccc1.[La].[Y]. The number of hydrogen-bond acceptors (Lipinski definition) is 0. The third kappa shape index (κ3) is 5.81. The summed E-state index contributed by atoms with van der Waals surface area (Å²) < 4.78 is 0. The molecule has 0 amide bonds. The topological polar surface area (TPSA) is 0 Å². The predicted molar refractivity (Wildman–Crippen MR) is 30.9 cm³/mol. The van der Waals surface area contributed by atoms with Crippen molar-refractivity contribution in [2.45, 2.75) is 0 Å². The van der Waals surface area contributed by atoms with Gasteiger partial charge in [-0.2, -0.15) is 24.6 Å². The van der Waals surface area contributed by atoms with Gasteiger partial charge in [0, 0.05) is 68.3 Å². The summed E-state index contributed by atoms with van der Waals surface area (Å²) in [6.07, 6.45) is 0. The van der Waals surface area contributed by atoms with Gasteiger partial charge in [0.25, 0.3) is 0 Å². The first-order valence-electron chi connectivity index (χ1n) is 2.26. The van der Waals surface area contributed by atoms with Crippen LogP contribution in [0.1, 0.15) is 5.56 Å². The molecule has 0 saturated heterocycles. The molecule has 1 aromatic rings. The maximum Gasteiger partial charge on any atom is 0 e. The van der Waals surface area contributed by atoms with Crippen LogP contribution in [-0.2, 0) is 32.7 Å². The molecule has 0 unspecified atom stereocenters. The molecule has 0 aliphatic heterocycles. The minimum atomic E-state index is 0. The molecule has 0 atom stereocenters. The van der Waals surface area contributed by atoms with Crippen molar-refractivity contribution in [2.75, 3.05) is 0 Å². The van der Waals surface area contributed by atoms with Crippen LogP contribution in [-0.4, -0.2) is 0 Å². The van der Waals surface area contributed by atoms with Gasteiger partial charge >= 0.3 is 0 Å². The monoisotopic (exact) mass is 319 g/mol. The third-order valence-corrected chi connectivity index (χ3v) is 0.843. The summed E-state index contributed by atoms with van der Waals surface area (Å²) >= 11 is 0. The van der Waals surface area contributed by atoms with Gasteiger partial charge in [-0.3, -0.25) is 0 Å². The van der Waals surface area contributed by atoms with Gasteiger partial charge in [-0.1, -0.05) is 6.07 Å². The van der Waals surface area contributed by atoms with E-state index in [4.69, 9.17) is 0 Å². The van der Waals surface area contributed by atoms with E-state index in [9.17, 15) is 0 Å². The van der Waals surface area contributed by atoms with Crippen LogP contribution in [0.15, 0.2) is 30.3 Å². The second-order valence-electron chi connectivity index (χ2n) is 1.49. The predicted octanol–water partition coefficient (Wildman–Crippen LogP) is 1.87. The molecule has 0 N–H and O–H groups in total. The summed E-state index contributed by atoms with van der Waals surface area (Å²) in [6, 6.07) is 9.87. The fourth-order valence-electron chi connectivity index (χ4n) is 0.478. The molecular formula is C7H7LaY-. The average Bonchev–Trinajstić information content (AvgIpc) is 1.69. The first-order chi connectivity index (χ1) is 3.39. The molecule has 2 radical (unpaired) electrons. The van der Waals surface area contributed by atoms with Crippen LogP contribution in [0.5, 0.6) is 0 Å². The van der Waals surface area contributed by atoms with Gasteiger partial charge in [-0.15, -0.1) is 12.1 Å². The molecular weight excluding hydrogens is 312 g/mol. The minimum absolute atomic E-state index is 0. The molecule has 0 saturated carbocycles. The Labute approximate surface area is 109 Å². The normalized spacial score (nSPS) is 6.67. The van der Waals surface area contributed by atoms with Crippen molar-refractivity contribution < 1.29 is 68.3 Å². The van der Waals surface area contributed by atoms with E-state index in [2.05, 4.69) is 6.92 Å². The van der Waals surface area contributed by atoms with E-state index in [1.54, 1.807) is 0 Å². The average molecular weight is 319 g/mol. The summed E-state index contributed by atoms with van der Waals surface area (Å²) in [4.78, 5) is 0. The Balaban J connectivity index is 0. The van der Waals surface area contributed by atoms with Gasteiger partial charge in [0.2, 0.25) is 0 Å². The van der Waals surface area contributed by atoms with E-state index in [0.29, 0.717) is 0 Å². The smallest absolute Gasteiger partial charge is 0 e. The first kappa shape index (κ1) is 13.0. The standard InChI is InChI=1S/C7H7.La.Y/c1-7-5-3-2-4-6-7;;/h2-6H,1H2;;/q-1;;. The van der Waals surface area contributed by atoms with Crippen LogP contribution in [0.2, 0.25) is 0 Å². The van der Waals surface area contributed by atoms with Crippen LogP contribution in [0.3, 0.4) is 0 Å². The fourth-order valence-corrected chi connectivity index (χ4v) is 0.478. The molecule has 0 nitrogen and oxygen atoms in total. The number of rotatable bonds is 0. The van der Waals surface area contributed by atoms with E-state index in [1.165, 1.54) is 0 Å². The fraction of sp³-hybridized carbons (Fsp3) is 0. The number of benzene rings is 1. The van der Waals surface area contributed by atoms with E-state index in [1.807, 2.05) is 30.3 Å². The first-order valence-corrected chi connectivity index (χ1v) is 2.26. The third-order valence-electron chi connectivity index (χ3n) is 0.843. The zero-order valence-corrected chi connectivity index (χ0v) is 11.7. The van der Waals surface area contributed by atoms with Crippen molar-refractivity contribution in [3.63, 3.8) is 0 Å². The molecule has 0 bridgehead atoms. The molecule has 0 aromatic heterocycles. The minimum Gasteiger partial charge on any atom is -0.199 e. The Bertz CT molecular complexity index is 139. The van der Waals surface area contributed by atoms with Crippen molar-refractivity contribution in [1.29, 1.82) is 0 Å². The Kier molecular flexibility index (Phi) is 10.8. The summed E-state index contributed by atoms with van der Waals surface area (Å²) in [6.45, 7) is 3.72. The van der Waals surface area contributed by atoms with Crippen LogP contribution in [0.25, 0.3) is 0 Å². The van der Waals surface area contributed by atoms with Gasteiger partial charge < -0.3 is 0 Å². The maximum absolute atomic E-state index is 3.72. The molecule has 9 heavy (non-hydrogen) atoms. The van der Waals surface area contributed by atoms with Gasteiger partial charge in [0.15, 0.2) is 0 Å². The Hall–Kier alpha value is 1.39. The van der Waals surface area contributed by atoms with E-state index in [-0.39, 0.29) is 68.3 Å². The van der Waals surface area contributed by atoms with Crippen molar-refractivity contribution in [2.24, 2.45) is 0 Å². The van der Waals surface area contributed by atoms with Crippen LogP contribution in [0.4, 0.5) is 0 Å². The maximum atomic E-state index is 3.72. The Morgan fingerprint density at radius 3 is 1.67 bits per heavy atom. The second kappa shape index (κ2) is 7.50. The van der Waals surface area contributed by atoms with Crippen LogP contribution >= 0.6 is 0 Å². The second-order valence-corrected chi connectivity index (χ2v) is 1.49. The Morgan fingerprint density at radius 1 is 1.00 bits per heavy atom. The molecule has 0 aliphatic rings. The molecule has 42 valence electrons. The van der Waals surface area contributed by atoms with Crippen LogP contribution in [0, 0.1) is 42.5 Å². The van der Waals surface area contributed by atoms with Gasteiger partial charge in [0.1, 0.15) is 0 Å². The molecule has 1 rings (SSSR count). The molecule has 0 fully saturated rings. The summed E-state index contributed by atoms with van der Waals surface area (Å²) in [5.74, 6) is 0. The van der Waals surface area contributed by atoms with Gasteiger partial charge in [-0.05, 0) is 0 Å². The molecule has 0 spiro atoms. The zero-order valence-electron chi connectivity index (χ0n) is 5.25. The summed E-state index contributed by atoms with van der Waals surface area (Å²) in [7, 11) is 0.